The van der Waals surface area contributed by atoms with E-state index in [1.54, 1.807) is 22.8 Å². The maximum Gasteiger partial charge on any atom is 0.258 e. The van der Waals surface area contributed by atoms with Crippen LogP contribution in [0.4, 0.5) is 0 Å². The van der Waals surface area contributed by atoms with Gasteiger partial charge >= 0.3 is 0 Å². The van der Waals surface area contributed by atoms with Crippen LogP contribution in [0, 0.1) is 11.7 Å². The molecule has 3 aromatic rings. The number of benzene rings is 2. The molecule has 3 N–H and O–H groups in total. The summed E-state index contributed by atoms with van der Waals surface area (Å²) in [5, 5.41) is 7.80. The average molecular weight is 494 g/mol. The van der Waals surface area contributed by atoms with Crippen LogP contribution in [0.3, 0.4) is 0 Å². The first kappa shape index (κ1) is 23.8. The number of halogens is 2. The normalized spacial score (nSPS) is 10.6. The molecule has 2 amide bonds. The van der Waals surface area contributed by atoms with Crippen molar-refractivity contribution >= 4 is 47.2 Å². The number of carbonyl (C=O) groups is 2. The Balaban J connectivity index is 1.44. The molecule has 0 bridgehead atoms. The van der Waals surface area contributed by atoms with Gasteiger partial charge in [0.25, 0.3) is 5.91 Å². The minimum absolute atomic E-state index is 0.100. The molecule has 0 saturated carbocycles. The molecule has 0 spiro atoms. The van der Waals surface area contributed by atoms with Gasteiger partial charge in [-0.3, -0.25) is 30.1 Å². The van der Waals surface area contributed by atoms with Crippen LogP contribution in [0.25, 0.3) is 11.4 Å². The molecule has 1 aromatic heterocycles. The number of hydrogen-bond donors (Lipinski definition) is 3. The lowest BCUT2D eigenvalue weighted by molar-refractivity contribution is -0.129. The lowest BCUT2D eigenvalue weighted by atomic mass is 10.1. The smallest absolute Gasteiger partial charge is 0.258 e. The topological polar surface area (TPSA) is 101 Å². The molecule has 8 nitrogen and oxygen atoms in total. The molecule has 2 aromatic carbocycles. The Kier molecular flexibility index (Phi) is 8.26. The number of nitrogens with zero attached hydrogens (tertiary/aromatic N) is 2. The van der Waals surface area contributed by atoms with Gasteiger partial charge in [0.1, 0.15) is 12.3 Å². The lowest BCUT2D eigenvalue weighted by Crippen LogP contribution is -2.43. The molecular formula is C21H21Cl2N5O3S. The molecule has 3 rings (SSSR count). The highest BCUT2D eigenvalue weighted by atomic mass is 35.5. The monoisotopic (exact) mass is 493 g/mol. The maximum atomic E-state index is 12.3. The minimum Gasteiger partial charge on any atom is -0.492 e. The number of aryl methyl sites for hydroxylation is 1. The number of hydrazine groups is 1. The van der Waals surface area contributed by atoms with Gasteiger partial charge < -0.3 is 4.74 Å². The SMILES string of the molecule is Cc1ccc(-c2n[nH]c(=S)n2CC(=O)NNC(=O)CCCOc2ccc(Cl)cc2Cl)cc1. The molecule has 0 saturated heterocycles. The number of aromatic nitrogens is 3. The van der Waals surface area contributed by atoms with Crippen LogP contribution in [0.1, 0.15) is 18.4 Å². The molecule has 1 heterocycles. The second kappa shape index (κ2) is 11.1. The van der Waals surface area contributed by atoms with E-state index in [2.05, 4.69) is 21.0 Å². The van der Waals surface area contributed by atoms with Crippen molar-refractivity contribution in [1.29, 1.82) is 0 Å². The van der Waals surface area contributed by atoms with E-state index >= 15 is 0 Å². The Morgan fingerprint density at radius 1 is 1.12 bits per heavy atom. The Morgan fingerprint density at radius 2 is 1.84 bits per heavy atom. The summed E-state index contributed by atoms with van der Waals surface area (Å²) in [6, 6.07) is 12.6. The fourth-order valence-corrected chi connectivity index (χ4v) is 3.44. The molecule has 0 aliphatic carbocycles. The molecule has 168 valence electrons. The molecule has 32 heavy (non-hydrogen) atoms. The number of ether oxygens (including phenoxy) is 1. The van der Waals surface area contributed by atoms with E-state index < -0.39 is 5.91 Å². The van der Waals surface area contributed by atoms with Crippen LogP contribution in [0.15, 0.2) is 42.5 Å². The molecule has 0 aliphatic heterocycles. The first-order valence-corrected chi connectivity index (χ1v) is 10.9. The third-order valence-corrected chi connectivity index (χ3v) is 5.25. The maximum absolute atomic E-state index is 12.3. The minimum atomic E-state index is -0.437. The molecule has 0 radical (unpaired) electrons. The second-order valence-corrected chi connectivity index (χ2v) is 8.16. The van der Waals surface area contributed by atoms with Crippen LogP contribution in [-0.2, 0) is 16.1 Å². The Labute approximate surface area is 199 Å². The van der Waals surface area contributed by atoms with Crippen LogP contribution in [0.5, 0.6) is 5.75 Å². The highest BCUT2D eigenvalue weighted by Crippen LogP contribution is 2.27. The standard InChI is InChI=1S/C21H21Cl2N5O3S/c1-13-4-6-14(7-5-13)20-26-27-21(32)28(20)12-19(30)25-24-18(29)3-2-10-31-17-9-8-15(22)11-16(17)23/h4-9,11H,2-3,10,12H2,1H3,(H,24,29)(H,25,30)(H,27,32). The fourth-order valence-electron chi connectivity index (χ4n) is 2.78. The molecule has 0 fully saturated rings. The predicted octanol–water partition coefficient (Wildman–Crippen LogP) is 4.23. The van der Waals surface area contributed by atoms with Crippen molar-refractivity contribution in [2.75, 3.05) is 6.61 Å². The van der Waals surface area contributed by atoms with E-state index in [1.165, 1.54) is 0 Å². The van der Waals surface area contributed by atoms with Crippen LogP contribution < -0.4 is 15.6 Å². The highest BCUT2D eigenvalue weighted by Gasteiger charge is 2.13. The molecule has 0 aliphatic rings. The van der Waals surface area contributed by atoms with Crippen molar-refractivity contribution in [3.8, 4) is 17.1 Å². The van der Waals surface area contributed by atoms with Gasteiger partial charge in [0.05, 0.1) is 11.6 Å². The zero-order valence-electron chi connectivity index (χ0n) is 17.2. The second-order valence-electron chi connectivity index (χ2n) is 6.93. The zero-order valence-corrected chi connectivity index (χ0v) is 19.5. The van der Waals surface area contributed by atoms with Crippen molar-refractivity contribution in [2.24, 2.45) is 0 Å². The number of amides is 2. The molecule has 0 unspecified atom stereocenters. The molecular weight excluding hydrogens is 473 g/mol. The summed E-state index contributed by atoms with van der Waals surface area (Å²) in [5.74, 6) is 0.243. The summed E-state index contributed by atoms with van der Waals surface area (Å²) in [7, 11) is 0. The van der Waals surface area contributed by atoms with Gasteiger partial charge in [-0.05, 0) is 43.8 Å². The zero-order chi connectivity index (χ0) is 23.1. The fraction of sp³-hybridized carbons (Fsp3) is 0.238. The Morgan fingerprint density at radius 3 is 2.56 bits per heavy atom. The summed E-state index contributed by atoms with van der Waals surface area (Å²) in [6.07, 6.45) is 0.594. The van der Waals surface area contributed by atoms with Gasteiger partial charge in [-0.1, -0.05) is 53.0 Å². The van der Waals surface area contributed by atoms with Gasteiger partial charge in [0, 0.05) is 17.0 Å². The largest absolute Gasteiger partial charge is 0.492 e. The van der Waals surface area contributed by atoms with Gasteiger partial charge in [-0.25, -0.2) is 0 Å². The third-order valence-electron chi connectivity index (χ3n) is 4.41. The van der Waals surface area contributed by atoms with Crippen molar-refractivity contribution in [2.45, 2.75) is 26.3 Å². The van der Waals surface area contributed by atoms with E-state index in [9.17, 15) is 9.59 Å². The number of rotatable bonds is 8. The lowest BCUT2D eigenvalue weighted by Gasteiger charge is -2.10. The Hall–Kier alpha value is -2.88. The van der Waals surface area contributed by atoms with E-state index in [1.807, 2.05) is 31.2 Å². The van der Waals surface area contributed by atoms with E-state index in [4.69, 9.17) is 40.2 Å². The molecule has 11 heteroatoms. The van der Waals surface area contributed by atoms with Crippen LogP contribution >= 0.6 is 35.4 Å². The van der Waals surface area contributed by atoms with Gasteiger partial charge in [-0.2, -0.15) is 5.10 Å². The quantitative estimate of drug-likeness (QED) is 0.247. The molecule has 0 atom stereocenters. The first-order valence-electron chi connectivity index (χ1n) is 9.71. The van der Waals surface area contributed by atoms with Crippen LogP contribution in [-0.4, -0.2) is 33.2 Å². The van der Waals surface area contributed by atoms with Gasteiger partial charge in [0.2, 0.25) is 5.91 Å². The Bertz CT molecular complexity index is 1160. The van der Waals surface area contributed by atoms with E-state index in [-0.39, 0.29) is 25.5 Å². The van der Waals surface area contributed by atoms with Gasteiger partial charge in [-0.15, -0.1) is 0 Å². The third kappa shape index (κ3) is 6.56. The predicted molar refractivity (Wildman–Crippen MR) is 125 cm³/mol. The number of nitrogens with one attached hydrogen (secondary N) is 3. The van der Waals surface area contributed by atoms with E-state index in [0.717, 1.165) is 11.1 Å². The summed E-state index contributed by atoms with van der Waals surface area (Å²) in [5.41, 5.74) is 6.70. The summed E-state index contributed by atoms with van der Waals surface area (Å²) >= 11 is 17.1. The number of carbonyl (C=O) groups excluding carboxylic acids is 2. The van der Waals surface area contributed by atoms with Crippen molar-refractivity contribution in [3.63, 3.8) is 0 Å². The first-order chi connectivity index (χ1) is 15.3. The van der Waals surface area contributed by atoms with Crippen molar-refractivity contribution in [1.82, 2.24) is 25.6 Å². The summed E-state index contributed by atoms with van der Waals surface area (Å²) < 4.78 is 7.40. The van der Waals surface area contributed by atoms with Crippen molar-refractivity contribution in [3.05, 3.63) is 62.8 Å². The summed E-state index contributed by atoms with van der Waals surface area (Å²) in [4.78, 5) is 24.3. The highest BCUT2D eigenvalue weighted by molar-refractivity contribution is 7.71. The summed E-state index contributed by atoms with van der Waals surface area (Å²) in [6.45, 7) is 2.17. The van der Waals surface area contributed by atoms with E-state index in [0.29, 0.717) is 32.8 Å². The van der Waals surface area contributed by atoms with Crippen molar-refractivity contribution < 1.29 is 14.3 Å². The van der Waals surface area contributed by atoms with Crippen LogP contribution in [0.2, 0.25) is 10.0 Å². The number of hydrogen-bond acceptors (Lipinski definition) is 5. The van der Waals surface area contributed by atoms with Gasteiger partial charge in [0.15, 0.2) is 10.6 Å². The number of H-pyrrole nitrogens is 1. The average Bonchev–Trinajstić information content (AvgIpc) is 3.11. The number of aromatic amines is 1.